The van der Waals surface area contributed by atoms with Crippen LogP contribution in [0.3, 0.4) is 0 Å². The summed E-state index contributed by atoms with van der Waals surface area (Å²) < 4.78 is 21.9. The van der Waals surface area contributed by atoms with Crippen LogP contribution in [0, 0.1) is 0 Å². The first-order valence-corrected chi connectivity index (χ1v) is 8.66. The maximum Gasteiger partial charge on any atom is 0.383 e. The van der Waals surface area contributed by atoms with Gasteiger partial charge in [-0.15, -0.1) is 0 Å². The second-order valence-corrected chi connectivity index (χ2v) is 5.98. The minimum absolute atomic E-state index is 0.0522. The van der Waals surface area contributed by atoms with Gasteiger partial charge < -0.3 is 18.6 Å². The summed E-state index contributed by atoms with van der Waals surface area (Å²) in [6, 6.07) is 4.78. The van der Waals surface area contributed by atoms with Crippen molar-refractivity contribution in [3.63, 3.8) is 0 Å². The van der Waals surface area contributed by atoms with Crippen LogP contribution in [0.5, 0.6) is 17.2 Å². The summed E-state index contributed by atoms with van der Waals surface area (Å²) in [5.74, 6) is 0.226. The highest BCUT2D eigenvalue weighted by Gasteiger charge is 2.19. The monoisotopic (exact) mass is 360 g/mol. The van der Waals surface area contributed by atoms with E-state index in [2.05, 4.69) is 0 Å². The fourth-order valence-electron chi connectivity index (χ4n) is 2.36. The van der Waals surface area contributed by atoms with Gasteiger partial charge in [0.05, 0.1) is 18.1 Å². The first-order valence-electron chi connectivity index (χ1n) is 8.66. The molecule has 0 N–H and O–H groups in total. The lowest BCUT2D eigenvalue weighted by atomic mass is 10.2. The van der Waals surface area contributed by atoms with Crippen molar-refractivity contribution < 1.29 is 23.4 Å². The van der Waals surface area contributed by atoms with Gasteiger partial charge in [0.1, 0.15) is 11.3 Å². The molecular weight excluding hydrogens is 336 g/mol. The minimum atomic E-state index is -0.632. The van der Waals surface area contributed by atoms with Crippen LogP contribution in [-0.4, -0.2) is 18.7 Å². The summed E-state index contributed by atoms with van der Waals surface area (Å²) in [5.41, 5.74) is -0.366. The minimum Gasteiger partial charge on any atom is -0.486 e. The predicted molar refractivity (Wildman–Crippen MR) is 99.1 cm³/mol. The molecule has 0 bridgehead atoms. The van der Waals surface area contributed by atoms with E-state index < -0.39 is 11.6 Å². The smallest absolute Gasteiger partial charge is 0.383 e. The molecule has 0 aliphatic rings. The molecule has 2 aromatic rings. The lowest BCUT2D eigenvalue weighted by Gasteiger charge is -2.16. The molecule has 0 amide bonds. The van der Waals surface area contributed by atoms with Crippen LogP contribution in [0.2, 0.25) is 0 Å². The molecule has 0 spiro atoms. The van der Waals surface area contributed by atoms with Crippen LogP contribution in [0.15, 0.2) is 39.6 Å². The van der Waals surface area contributed by atoms with Gasteiger partial charge in [-0.25, -0.2) is 4.79 Å². The number of allylic oxidation sites excluding steroid dienone is 1. The van der Waals surface area contributed by atoms with E-state index in [1.807, 2.05) is 32.9 Å². The summed E-state index contributed by atoms with van der Waals surface area (Å²) in [6.45, 7) is 7.42. The number of fused-ring (bicyclic) bond motifs is 1. The summed E-state index contributed by atoms with van der Waals surface area (Å²) >= 11 is 0. The van der Waals surface area contributed by atoms with Crippen molar-refractivity contribution in [3.8, 4) is 17.2 Å². The lowest BCUT2D eigenvalue weighted by molar-refractivity contribution is -0.131. The van der Waals surface area contributed by atoms with Crippen molar-refractivity contribution in [1.29, 1.82) is 0 Å². The molecule has 1 heterocycles. The predicted octanol–water partition coefficient (Wildman–Crippen LogP) is 4.24. The highest BCUT2D eigenvalue weighted by Crippen LogP contribution is 2.35. The maximum atomic E-state index is 12.4. The van der Waals surface area contributed by atoms with Crippen molar-refractivity contribution >= 4 is 16.9 Å². The molecule has 0 aliphatic heterocycles. The molecule has 0 aliphatic carbocycles. The van der Waals surface area contributed by atoms with Crippen LogP contribution >= 0.6 is 0 Å². The van der Waals surface area contributed by atoms with Crippen LogP contribution in [0.4, 0.5) is 0 Å². The zero-order chi connectivity index (χ0) is 19.1. The van der Waals surface area contributed by atoms with Gasteiger partial charge in [0, 0.05) is 13.0 Å². The van der Waals surface area contributed by atoms with Gasteiger partial charge in [-0.2, -0.15) is 0 Å². The van der Waals surface area contributed by atoms with E-state index >= 15 is 0 Å². The Morgan fingerprint density at radius 3 is 2.65 bits per heavy atom. The number of carbonyl (C=O) groups excluding carboxylic acids is 1. The van der Waals surface area contributed by atoms with Gasteiger partial charge in [-0.05, 0) is 38.8 Å². The third kappa shape index (κ3) is 5.12. The number of hydrogen-bond donors (Lipinski definition) is 0. The van der Waals surface area contributed by atoms with E-state index in [9.17, 15) is 9.59 Å². The van der Waals surface area contributed by atoms with Crippen molar-refractivity contribution in [2.75, 3.05) is 6.61 Å². The third-order valence-corrected chi connectivity index (χ3v) is 3.34. The molecule has 1 aromatic carbocycles. The number of benzene rings is 1. The standard InChI is InChI=1S/C20H24O6/c1-5-6-7-8-11-23-19-18(24-13(2)3)16-10-9-15(25-14(4)21)12-17(16)26-20(19)22/h6-7,9-10,12-13H,5,8,11H2,1-4H3/b7-6+. The molecule has 26 heavy (non-hydrogen) atoms. The normalized spacial score (nSPS) is 11.3. The molecule has 1 aromatic heterocycles. The van der Waals surface area contributed by atoms with Gasteiger partial charge in [0.2, 0.25) is 5.75 Å². The second-order valence-electron chi connectivity index (χ2n) is 5.98. The maximum absolute atomic E-state index is 12.4. The molecular formula is C20H24O6. The molecule has 140 valence electrons. The van der Waals surface area contributed by atoms with Crippen LogP contribution in [0.25, 0.3) is 11.0 Å². The van der Waals surface area contributed by atoms with Crippen molar-refractivity contribution in [2.24, 2.45) is 0 Å². The Morgan fingerprint density at radius 1 is 1.23 bits per heavy atom. The Labute approximate surface area is 152 Å². The molecule has 6 heteroatoms. The molecule has 2 rings (SSSR count). The SMILES string of the molecule is CC/C=C/CCOc1c(OC(C)C)c2ccc(OC(C)=O)cc2oc1=O. The summed E-state index contributed by atoms with van der Waals surface area (Å²) in [6.07, 6.45) is 5.50. The fourth-order valence-corrected chi connectivity index (χ4v) is 2.36. The van der Waals surface area contributed by atoms with E-state index in [0.717, 1.165) is 6.42 Å². The van der Waals surface area contributed by atoms with Gasteiger partial charge in [-0.3, -0.25) is 4.79 Å². The molecule has 0 atom stereocenters. The Morgan fingerprint density at radius 2 is 2.00 bits per heavy atom. The zero-order valence-corrected chi connectivity index (χ0v) is 15.5. The first kappa shape index (κ1) is 19.6. The Hall–Kier alpha value is -2.76. The summed E-state index contributed by atoms with van der Waals surface area (Å²) in [5, 5.41) is 0.577. The zero-order valence-electron chi connectivity index (χ0n) is 15.5. The number of ether oxygens (including phenoxy) is 3. The molecule has 0 saturated carbocycles. The Bertz CT molecular complexity index is 847. The van der Waals surface area contributed by atoms with E-state index in [4.69, 9.17) is 18.6 Å². The highest BCUT2D eigenvalue weighted by atomic mass is 16.5. The number of carbonyl (C=O) groups is 1. The van der Waals surface area contributed by atoms with Crippen LogP contribution in [-0.2, 0) is 4.79 Å². The Kier molecular flexibility index (Phi) is 6.83. The topological polar surface area (TPSA) is 75.0 Å². The third-order valence-electron chi connectivity index (χ3n) is 3.34. The molecule has 0 unspecified atom stereocenters. The largest absolute Gasteiger partial charge is 0.486 e. The van der Waals surface area contributed by atoms with Crippen LogP contribution in [0.1, 0.15) is 40.5 Å². The highest BCUT2D eigenvalue weighted by molar-refractivity contribution is 5.87. The fraction of sp³-hybridized carbons (Fsp3) is 0.400. The first-order chi connectivity index (χ1) is 12.4. The van der Waals surface area contributed by atoms with E-state index in [0.29, 0.717) is 29.9 Å². The van der Waals surface area contributed by atoms with Crippen LogP contribution < -0.4 is 19.8 Å². The van der Waals surface area contributed by atoms with Crippen molar-refractivity contribution in [1.82, 2.24) is 0 Å². The van der Waals surface area contributed by atoms with Crippen molar-refractivity contribution in [3.05, 3.63) is 40.8 Å². The van der Waals surface area contributed by atoms with E-state index in [1.165, 1.54) is 13.0 Å². The van der Waals surface area contributed by atoms with Gasteiger partial charge in [0.25, 0.3) is 0 Å². The van der Waals surface area contributed by atoms with Gasteiger partial charge in [0.15, 0.2) is 5.75 Å². The summed E-state index contributed by atoms with van der Waals surface area (Å²) in [7, 11) is 0. The average molecular weight is 360 g/mol. The molecule has 0 fully saturated rings. The molecule has 0 radical (unpaired) electrons. The van der Waals surface area contributed by atoms with E-state index in [1.54, 1.807) is 12.1 Å². The number of esters is 1. The number of rotatable bonds is 8. The Balaban J connectivity index is 2.43. The second kappa shape index (κ2) is 9.08. The van der Waals surface area contributed by atoms with E-state index in [-0.39, 0.29) is 17.4 Å². The average Bonchev–Trinajstić information content (AvgIpc) is 2.55. The molecule has 6 nitrogen and oxygen atoms in total. The quantitative estimate of drug-likeness (QED) is 0.230. The number of hydrogen-bond acceptors (Lipinski definition) is 6. The van der Waals surface area contributed by atoms with Gasteiger partial charge in [-0.1, -0.05) is 19.1 Å². The molecule has 0 saturated heterocycles. The lowest BCUT2D eigenvalue weighted by Crippen LogP contribution is -2.14. The van der Waals surface area contributed by atoms with Crippen molar-refractivity contribution in [2.45, 2.75) is 46.6 Å². The van der Waals surface area contributed by atoms with Gasteiger partial charge >= 0.3 is 11.6 Å². The summed E-state index contributed by atoms with van der Waals surface area (Å²) in [4.78, 5) is 23.5.